The SMILES string of the molecule is C1COCCN1.CC1(C)CC(=O)C2=C(C1)NC(S)=C(C#N)C2c1cccnc1. The number of ketones is 1. The minimum Gasteiger partial charge on any atom is -0.379 e. The van der Waals surface area contributed by atoms with E-state index in [2.05, 4.69) is 48.2 Å². The van der Waals surface area contributed by atoms with Crippen LogP contribution in [0.5, 0.6) is 0 Å². The topological polar surface area (TPSA) is 87.0 Å². The average Bonchev–Trinajstić information content (AvgIpc) is 2.68. The molecule has 0 spiro atoms. The molecule has 0 bridgehead atoms. The Hall–Kier alpha value is -2.14. The van der Waals surface area contributed by atoms with Crippen molar-refractivity contribution in [3.63, 3.8) is 0 Å². The highest BCUT2D eigenvalue weighted by atomic mass is 32.1. The number of morpholine rings is 1. The van der Waals surface area contributed by atoms with E-state index in [1.54, 1.807) is 12.4 Å². The first-order valence-electron chi connectivity index (χ1n) is 9.48. The van der Waals surface area contributed by atoms with Gasteiger partial charge in [0.2, 0.25) is 0 Å². The minimum atomic E-state index is -0.369. The first-order chi connectivity index (χ1) is 13.4. The third kappa shape index (κ3) is 4.64. The fourth-order valence-electron chi connectivity index (χ4n) is 3.79. The fourth-order valence-corrected chi connectivity index (χ4v) is 4.10. The number of pyridine rings is 1. The van der Waals surface area contributed by atoms with E-state index in [-0.39, 0.29) is 17.1 Å². The second-order valence-corrected chi connectivity index (χ2v) is 8.36. The van der Waals surface area contributed by atoms with E-state index in [4.69, 9.17) is 4.74 Å². The molecule has 0 radical (unpaired) electrons. The number of carbonyl (C=O) groups excluding carboxylic acids is 1. The number of carbonyl (C=O) groups is 1. The summed E-state index contributed by atoms with van der Waals surface area (Å²) in [6, 6.07) is 5.93. The Labute approximate surface area is 171 Å². The Morgan fingerprint density at radius 2 is 2.07 bits per heavy atom. The molecule has 4 rings (SSSR count). The van der Waals surface area contributed by atoms with Crippen LogP contribution in [0.2, 0.25) is 0 Å². The number of aromatic nitrogens is 1. The van der Waals surface area contributed by atoms with Crippen molar-refractivity contribution >= 4 is 18.4 Å². The monoisotopic (exact) mass is 398 g/mol. The van der Waals surface area contributed by atoms with Crippen molar-refractivity contribution in [2.24, 2.45) is 5.41 Å². The molecule has 1 aromatic heterocycles. The van der Waals surface area contributed by atoms with E-state index >= 15 is 0 Å². The zero-order valence-electron chi connectivity index (χ0n) is 16.3. The molecule has 0 saturated carbocycles. The van der Waals surface area contributed by atoms with Gasteiger partial charge in [0.15, 0.2) is 5.78 Å². The van der Waals surface area contributed by atoms with Crippen molar-refractivity contribution in [2.45, 2.75) is 32.6 Å². The molecule has 2 aliphatic heterocycles. The first kappa shape index (κ1) is 20.6. The van der Waals surface area contributed by atoms with Crippen molar-refractivity contribution in [1.29, 1.82) is 5.26 Å². The molecule has 0 aromatic carbocycles. The van der Waals surface area contributed by atoms with Crippen LogP contribution in [0.25, 0.3) is 0 Å². The van der Waals surface area contributed by atoms with Gasteiger partial charge in [0.05, 0.1) is 35.8 Å². The summed E-state index contributed by atoms with van der Waals surface area (Å²) < 4.78 is 5.01. The van der Waals surface area contributed by atoms with Gasteiger partial charge in [0.25, 0.3) is 0 Å². The number of rotatable bonds is 1. The number of dihydropyridines is 1. The molecule has 2 N–H and O–H groups in total. The molecule has 6 nitrogen and oxygen atoms in total. The summed E-state index contributed by atoms with van der Waals surface area (Å²) in [6.07, 6.45) is 4.66. The summed E-state index contributed by atoms with van der Waals surface area (Å²) >= 11 is 4.43. The molecular weight excluding hydrogens is 372 g/mol. The Kier molecular flexibility index (Phi) is 6.55. The van der Waals surface area contributed by atoms with E-state index in [0.29, 0.717) is 22.6 Å². The molecule has 7 heteroatoms. The molecule has 1 fully saturated rings. The number of nitrogens with zero attached hydrogens (tertiary/aromatic N) is 2. The molecule has 1 saturated heterocycles. The van der Waals surface area contributed by atoms with Gasteiger partial charge in [-0.1, -0.05) is 19.9 Å². The van der Waals surface area contributed by atoms with Gasteiger partial charge in [0, 0.05) is 43.2 Å². The van der Waals surface area contributed by atoms with Crippen LogP contribution in [0.1, 0.15) is 38.2 Å². The smallest absolute Gasteiger partial charge is 0.162 e. The van der Waals surface area contributed by atoms with Gasteiger partial charge in [0.1, 0.15) is 0 Å². The Morgan fingerprint density at radius 1 is 1.32 bits per heavy atom. The minimum absolute atomic E-state index is 0.0827. The van der Waals surface area contributed by atoms with Crippen LogP contribution < -0.4 is 10.6 Å². The lowest BCUT2D eigenvalue weighted by Crippen LogP contribution is -2.36. The molecule has 28 heavy (non-hydrogen) atoms. The summed E-state index contributed by atoms with van der Waals surface area (Å²) in [5.74, 6) is -0.271. The second kappa shape index (κ2) is 8.91. The number of allylic oxidation sites excluding steroid dienone is 3. The van der Waals surface area contributed by atoms with E-state index in [1.807, 2.05) is 12.1 Å². The Morgan fingerprint density at radius 3 is 2.61 bits per heavy atom. The zero-order chi connectivity index (χ0) is 20.1. The van der Waals surface area contributed by atoms with Crippen LogP contribution in [-0.4, -0.2) is 37.1 Å². The molecule has 1 aromatic rings. The predicted octanol–water partition coefficient (Wildman–Crippen LogP) is 2.68. The maximum absolute atomic E-state index is 12.7. The van der Waals surface area contributed by atoms with Gasteiger partial charge in [-0.15, -0.1) is 12.6 Å². The number of nitrogens with one attached hydrogen (secondary N) is 2. The van der Waals surface area contributed by atoms with Crippen LogP contribution >= 0.6 is 12.6 Å². The summed E-state index contributed by atoms with van der Waals surface area (Å²) in [4.78, 5) is 16.9. The maximum atomic E-state index is 12.7. The normalized spacial score (nSPS) is 23.8. The summed E-state index contributed by atoms with van der Waals surface area (Å²) in [5, 5.41) is 16.4. The summed E-state index contributed by atoms with van der Waals surface area (Å²) in [5.41, 5.74) is 2.83. The van der Waals surface area contributed by atoms with E-state index < -0.39 is 0 Å². The highest BCUT2D eigenvalue weighted by Gasteiger charge is 2.41. The van der Waals surface area contributed by atoms with Crippen LogP contribution in [0.15, 0.2) is 46.4 Å². The summed E-state index contributed by atoms with van der Waals surface area (Å²) in [6.45, 7) is 7.99. The fraction of sp³-hybridized carbons (Fsp3) is 0.476. The van der Waals surface area contributed by atoms with Crippen molar-refractivity contribution in [2.75, 3.05) is 26.3 Å². The number of nitriles is 1. The molecule has 1 aliphatic carbocycles. The molecule has 0 amide bonds. The van der Waals surface area contributed by atoms with Gasteiger partial charge in [-0.2, -0.15) is 5.26 Å². The summed E-state index contributed by atoms with van der Waals surface area (Å²) in [7, 11) is 0. The van der Waals surface area contributed by atoms with Gasteiger partial charge in [-0.25, -0.2) is 0 Å². The number of hydrogen-bond donors (Lipinski definition) is 3. The lowest BCUT2D eigenvalue weighted by atomic mass is 9.69. The zero-order valence-corrected chi connectivity index (χ0v) is 17.2. The molecule has 3 heterocycles. The van der Waals surface area contributed by atoms with Crippen molar-refractivity contribution in [3.05, 3.63) is 52.0 Å². The van der Waals surface area contributed by atoms with E-state index in [1.165, 1.54) is 0 Å². The average molecular weight is 399 g/mol. The predicted molar refractivity (Wildman–Crippen MR) is 110 cm³/mol. The van der Waals surface area contributed by atoms with Crippen molar-refractivity contribution < 1.29 is 9.53 Å². The highest BCUT2D eigenvalue weighted by molar-refractivity contribution is 7.84. The quantitative estimate of drug-likeness (QED) is 0.631. The molecule has 1 atom stereocenters. The van der Waals surface area contributed by atoms with Gasteiger partial charge >= 0.3 is 0 Å². The number of thiol groups is 1. The Bertz CT molecular complexity index is 824. The number of hydrogen-bond acceptors (Lipinski definition) is 7. The number of ether oxygens (including phenoxy) is 1. The lowest BCUT2D eigenvalue weighted by molar-refractivity contribution is -0.118. The van der Waals surface area contributed by atoms with Crippen LogP contribution in [-0.2, 0) is 9.53 Å². The van der Waals surface area contributed by atoms with Gasteiger partial charge < -0.3 is 15.4 Å². The van der Waals surface area contributed by atoms with Gasteiger partial charge in [-0.05, 0) is 23.5 Å². The van der Waals surface area contributed by atoms with Crippen LogP contribution in [0.4, 0.5) is 0 Å². The van der Waals surface area contributed by atoms with E-state index in [9.17, 15) is 10.1 Å². The second-order valence-electron chi connectivity index (χ2n) is 7.91. The van der Waals surface area contributed by atoms with Gasteiger partial charge in [-0.3, -0.25) is 9.78 Å². The standard InChI is InChI=1S/C17H17N3OS.C4H9NO/c1-17(2)6-12-15(13(21)7-17)14(10-4-3-5-19-9-10)11(8-18)16(22)20-12;1-3-6-4-2-5-1/h3-5,9,14,20,22H,6-7H2,1-2H3;5H,1-4H2. The van der Waals surface area contributed by atoms with Crippen LogP contribution in [0.3, 0.4) is 0 Å². The molecular formula is C21H26N4O2S. The largest absolute Gasteiger partial charge is 0.379 e. The van der Waals surface area contributed by atoms with Crippen molar-refractivity contribution in [3.8, 4) is 6.07 Å². The van der Waals surface area contributed by atoms with Crippen molar-refractivity contribution in [1.82, 2.24) is 15.6 Å². The third-order valence-electron chi connectivity index (χ3n) is 5.01. The van der Waals surface area contributed by atoms with Crippen LogP contribution in [0, 0.1) is 16.7 Å². The molecule has 148 valence electrons. The molecule has 1 unspecified atom stereocenters. The highest BCUT2D eigenvalue weighted by Crippen LogP contribution is 2.46. The molecule has 3 aliphatic rings. The van der Waals surface area contributed by atoms with E-state index in [0.717, 1.165) is 44.0 Å². The Balaban J connectivity index is 0.000000320. The maximum Gasteiger partial charge on any atom is 0.162 e. The lowest BCUT2D eigenvalue weighted by Gasteiger charge is -2.38. The first-order valence-corrected chi connectivity index (χ1v) is 9.92. The third-order valence-corrected chi connectivity index (χ3v) is 5.36. The number of Topliss-reactive ketones (excluding diaryl/α,β-unsaturated/α-hetero) is 1.